The van der Waals surface area contributed by atoms with E-state index < -0.39 is 0 Å². The van der Waals surface area contributed by atoms with Gasteiger partial charge in [0.05, 0.1) is 6.20 Å². The summed E-state index contributed by atoms with van der Waals surface area (Å²) in [6.07, 6.45) is 2.95. The Kier molecular flexibility index (Phi) is 1.34. The first-order chi connectivity index (χ1) is 4.22. The van der Waals surface area contributed by atoms with Crippen LogP contribution in [0.3, 0.4) is 0 Å². The molecule has 0 aromatic carbocycles. The Bertz CT molecular complexity index is 264. The van der Waals surface area contributed by atoms with Crippen molar-refractivity contribution in [3.05, 3.63) is 28.4 Å². The van der Waals surface area contributed by atoms with Gasteiger partial charge in [-0.3, -0.25) is 9.78 Å². The molecule has 0 atom stereocenters. The van der Waals surface area contributed by atoms with Crippen LogP contribution in [0.15, 0.2) is 17.2 Å². The summed E-state index contributed by atoms with van der Waals surface area (Å²) in [6, 6.07) is 0. The first kappa shape index (κ1) is 6.01. The third kappa shape index (κ3) is 0.988. The smallest absolute Gasteiger partial charge is 0.268 e. The van der Waals surface area contributed by atoms with Gasteiger partial charge in [-0.15, -0.1) is 0 Å². The molecule has 3 heteroatoms. The highest BCUT2D eigenvalue weighted by atomic mass is 16.1. The van der Waals surface area contributed by atoms with Crippen molar-refractivity contribution in [3.63, 3.8) is 0 Å². The average molecular weight is 124 g/mol. The van der Waals surface area contributed by atoms with Crippen molar-refractivity contribution in [1.82, 2.24) is 9.55 Å². The lowest BCUT2D eigenvalue weighted by Gasteiger charge is -1.97. The Labute approximate surface area is 53.0 Å². The topological polar surface area (TPSA) is 34.9 Å². The van der Waals surface area contributed by atoms with Gasteiger partial charge < -0.3 is 4.57 Å². The number of aryl methyl sites for hydroxylation is 1. The molecule has 0 saturated carbocycles. The molecule has 9 heavy (non-hydrogen) atoms. The molecular formula is C6H8N2O. The molecule has 48 valence electrons. The van der Waals surface area contributed by atoms with Crippen molar-refractivity contribution in [1.29, 1.82) is 0 Å². The van der Waals surface area contributed by atoms with E-state index in [2.05, 4.69) is 4.98 Å². The van der Waals surface area contributed by atoms with Crippen LogP contribution < -0.4 is 5.56 Å². The van der Waals surface area contributed by atoms with E-state index in [0.29, 0.717) is 0 Å². The molecule has 3 nitrogen and oxygen atoms in total. The quantitative estimate of drug-likeness (QED) is 0.491. The first-order valence-corrected chi connectivity index (χ1v) is 2.69. The molecule has 0 aliphatic rings. The number of hydrogen-bond acceptors (Lipinski definition) is 2. The third-order valence-electron chi connectivity index (χ3n) is 1.31. The number of hydrogen-bond donors (Lipinski definition) is 0. The van der Waals surface area contributed by atoms with Gasteiger partial charge in [-0.05, 0) is 6.92 Å². The van der Waals surface area contributed by atoms with Gasteiger partial charge in [0.2, 0.25) is 0 Å². The van der Waals surface area contributed by atoms with E-state index in [1.807, 2.05) is 6.92 Å². The molecule has 0 saturated heterocycles. The maximum atomic E-state index is 10.7. The molecule has 1 aromatic heterocycles. The van der Waals surface area contributed by atoms with Crippen molar-refractivity contribution in [2.24, 2.45) is 7.05 Å². The van der Waals surface area contributed by atoms with E-state index in [9.17, 15) is 4.79 Å². The summed E-state index contributed by atoms with van der Waals surface area (Å²) in [5.74, 6) is 0. The number of nitrogens with zero attached hydrogens (tertiary/aromatic N) is 2. The van der Waals surface area contributed by atoms with Gasteiger partial charge in [-0.1, -0.05) is 0 Å². The van der Waals surface area contributed by atoms with Crippen LogP contribution in [0.25, 0.3) is 0 Å². The zero-order valence-electron chi connectivity index (χ0n) is 5.46. The second kappa shape index (κ2) is 2.01. The van der Waals surface area contributed by atoms with Gasteiger partial charge in [-0.2, -0.15) is 0 Å². The minimum absolute atomic E-state index is 0.0602. The van der Waals surface area contributed by atoms with Crippen molar-refractivity contribution >= 4 is 0 Å². The van der Waals surface area contributed by atoms with Gasteiger partial charge in [0.25, 0.3) is 5.56 Å². The summed E-state index contributed by atoms with van der Waals surface area (Å²) in [5, 5.41) is 0. The molecule has 0 amide bonds. The highest BCUT2D eigenvalue weighted by Crippen LogP contribution is 1.83. The van der Waals surface area contributed by atoms with E-state index >= 15 is 0 Å². The monoisotopic (exact) mass is 124 g/mol. The highest BCUT2D eigenvalue weighted by molar-refractivity contribution is 4.93. The van der Waals surface area contributed by atoms with Gasteiger partial charge in [0, 0.05) is 18.9 Å². The van der Waals surface area contributed by atoms with Gasteiger partial charge in [0.15, 0.2) is 0 Å². The third-order valence-corrected chi connectivity index (χ3v) is 1.31. The normalized spacial score (nSPS) is 9.56. The number of aromatic nitrogens is 2. The van der Waals surface area contributed by atoms with E-state index in [1.54, 1.807) is 17.8 Å². The molecule has 0 spiro atoms. The molecule has 0 aliphatic heterocycles. The van der Waals surface area contributed by atoms with Crippen LogP contribution in [0, 0.1) is 6.92 Å². The van der Waals surface area contributed by atoms with Crippen LogP contribution in [0.1, 0.15) is 5.69 Å². The van der Waals surface area contributed by atoms with Crippen molar-refractivity contribution in [2.45, 2.75) is 6.92 Å². The van der Waals surface area contributed by atoms with E-state index in [0.717, 1.165) is 5.69 Å². The molecule has 1 heterocycles. The molecule has 0 aliphatic carbocycles. The molecule has 0 radical (unpaired) electrons. The highest BCUT2D eigenvalue weighted by Gasteiger charge is 1.89. The van der Waals surface area contributed by atoms with Crippen LogP contribution in [0.5, 0.6) is 0 Å². The van der Waals surface area contributed by atoms with Crippen molar-refractivity contribution in [3.8, 4) is 0 Å². The van der Waals surface area contributed by atoms with E-state index in [-0.39, 0.29) is 5.56 Å². The fraction of sp³-hybridized carbons (Fsp3) is 0.333. The fourth-order valence-electron chi connectivity index (χ4n) is 0.556. The van der Waals surface area contributed by atoms with Crippen LogP contribution in [0.4, 0.5) is 0 Å². The minimum atomic E-state index is -0.0602. The largest absolute Gasteiger partial charge is 0.313 e. The first-order valence-electron chi connectivity index (χ1n) is 2.69. The number of rotatable bonds is 0. The Hall–Kier alpha value is -1.12. The minimum Gasteiger partial charge on any atom is -0.313 e. The molecule has 0 bridgehead atoms. The lowest BCUT2D eigenvalue weighted by molar-refractivity contribution is 0.799. The Morgan fingerprint density at radius 3 is 2.67 bits per heavy atom. The van der Waals surface area contributed by atoms with Gasteiger partial charge in [-0.25, -0.2) is 0 Å². The second-order valence-electron chi connectivity index (χ2n) is 1.95. The maximum Gasteiger partial charge on any atom is 0.268 e. The van der Waals surface area contributed by atoms with E-state index in [4.69, 9.17) is 0 Å². The summed E-state index contributed by atoms with van der Waals surface area (Å²) < 4.78 is 1.55. The zero-order chi connectivity index (χ0) is 6.85. The fourth-order valence-corrected chi connectivity index (χ4v) is 0.556. The molecule has 1 rings (SSSR count). The Balaban J connectivity index is 3.43. The predicted octanol–water partition coefficient (Wildman–Crippen LogP) is 0.0887. The maximum absolute atomic E-state index is 10.7. The molecular weight excluding hydrogens is 116 g/mol. The molecule has 0 unspecified atom stereocenters. The predicted molar refractivity (Wildman–Crippen MR) is 34.2 cm³/mol. The average Bonchev–Trinajstić information content (AvgIpc) is 1.83. The molecule has 1 aromatic rings. The molecule has 0 fully saturated rings. The summed E-state index contributed by atoms with van der Waals surface area (Å²) in [6.45, 7) is 1.84. The second-order valence-corrected chi connectivity index (χ2v) is 1.95. The zero-order valence-corrected chi connectivity index (χ0v) is 5.46. The van der Waals surface area contributed by atoms with Crippen LogP contribution in [-0.4, -0.2) is 9.55 Å². The van der Waals surface area contributed by atoms with Gasteiger partial charge in [0.1, 0.15) is 0 Å². The summed E-state index contributed by atoms with van der Waals surface area (Å²) in [5.41, 5.74) is 0.817. The van der Waals surface area contributed by atoms with Crippen molar-refractivity contribution < 1.29 is 0 Å². The summed E-state index contributed by atoms with van der Waals surface area (Å²) in [7, 11) is 1.72. The molecule has 0 N–H and O–H groups in total. The Morgan fingerprint density at radius 2 is 2.22 bits per heavy atom. The van der Waals surface area contributed by atoms with E-state index in [1.165, 1.54) is 6.20 Å². The van der Waals surface area contributed by atoms with Crippen LogP contribution in [0.2, 0.25) is 0 Å². The lowest BCUT2D eigenvalue weighted by atomic mass is 10.5. The van der Waals surface area contributed by atoms with Crippen LogP contribution >= 0.6 is 0 Å². The Morgan fingerprint density at radius 1 is 1.56 bits per heavy atom. The lowest BCUT2D eigenvalue weighted by Crippen LogP contribution is -2.17. The SMILES string of the molecule is Cc1cncc(=O)n1C. The summed E-state index contributed by atoms with van der Waals surface area (Å²) in [4.78, 5) is 14.5. The van der Waals surface area contributed by atoms with Crippen molar-refractivity contribution in [2.75, 3.05) is 0 Å². The van der Waals surface area contributed by atoms with Gasteiger partial charge >= 0.3 is 0 Å². The van der Waals surface area contributed by atoms with Crippen LogP contribution in [-0.2, 0) is 7.05 Å². The summed E-state index contributed by atoms with van der Waals surface area (Å²) >= 11 is 0. The standard InChI is InChI=1S/C6H8N2O/c1-5-3-7-4-6(9)8(5)2/h3-4H,1-2H3.